The van der Waals surface area contributed by atoms with Gasteiger partial charge in [-0.1, -0.05) is 23.9 Å². The SMILES string of the molecule is Cn1c([N+](=O)[O-])cnc1SCc1ccc(F)cc1. The van der Waals surface area contributed by atoms with Crippen LogP contribution in [-0.2, 0) is 12.8 Å². The summed E-state index contributed by atoms with van der Waals surface area (Å²) in [7, 11) is 1.60. The van der Waals surface area contributed by atoms with Crippen molar-refractivity contribution < 1.29 is 9.31 Å². The van der Waals surface area contributed by atoms with Gasteiger partial charge in [0.15, 0.2) is 0 Å². The van der Waals surface area contributed by atoms with E-state index in [1.807, 2.05) is 0 Å². The molecule has 0 atom stereocenters. The molecule has 2 aromatic rings. The number of nitrogens with zero attached hydrogens (tertiary/aromatic N) is 3. The fourth-order valence-electron chi connectivity index (χ4n) is 1.42. The largest absolute Gasteiger partial charge is 0.358 e. The van der Waals surface area contributed by atoms with Crippen molar-refractivity contribution in [2.24, 2.45) is 7.05 Å². The molecule has 0 fully saturated rings. The lowest BCUT2D eigenvalue weighted by Crippen LogP contribution is -1.98. The molecular weight excluding hydrogens is 257 g/mol. The first kappa shape index (κ1) is 12.6. The maximum absolute atomic E-state index is 12.7. The topological polar surface area (TPSA) is 61.0 Å². The Balaban J connectivity index is 2.06. The summed E-state index contributed by atoms with van der Waals surface area (Å²) in [6.45, 7) is 0. The van der Waals surface area contributed by atoms with Gasteiger partial charge in [0, 0.05) is 5.75 Å². The Morgan fingerprint density at radius 3 is 2.67 bits per heavy atom. The highest BCUT2D eigenvalue weighted by Gasteiger charge is 2.16. The zero-order chi connectivity index (χ0) is 13.1. The molecule has 0 bridgehead atoms. The van der Waals surface area contributed by atoms with Crippen molar-refractivity contribution in [1.82, 2.24) is 9.55 Å². The highest BCUT2D eigenvalue weighted by molar-refractivity contribution is 7.98. The van der Waals surface area contributed by atoms with E-state index < -0.39 is 4.92 Å². The van der Waals surface area contributed by atoms with Crippen LogP contribution in [0, 0.1) is 15.9 Å². The lowest BCUT2D eigenvalue weighted by molar-refractivity contribution is -0.392. The van der Waals surface area contributed by atoms with Gasteiger partial charge in [0.2, 0.25) is 0 Å². The van der Waals surface area contributed by atoms with Crippen molar-refractivity contribution in [2.75, 3.05) is 0 Å². The maximum atomic E-state index is 12.7. The summed E-state index contributed by atoms with van der Waals surface area (Å²) in [5, 5.41) is 11.2. The minimum absolute atomic E-state index is 0.0448. The molecule has 5 nitrogen and oxygen atoms in total. The molecule has 0 radical (unpaired) electrons. The maximum Gasteiger partial charge on any atom is 0.343 e. The van der Waals surface area contributed by atoms with Crippen LogP contribution in [0.25, 0.3) is 0 Å². The van der Waals surface area contributed by atoms with Crippen LogP contribution in [0.3, 0.4) is 0 Å². The molecule has 1 heterocycles. The Morgan fingerprint density at radius 1 is 1.44 bits per heavy atom. The minimum Gasteiger partial charge on any atom is -0.358 e. The summed E-state index contributed by atoms with van der Waals surface area (Å²) in [6.07, 6.45) is 1.23. The van der Waals surface area contributed by atoms with E-state index in [2.05, 4.69) is 4.98 Å². The Morgan fingerprint density at radius 2 is 2.11 bits per heavy atom. The summed E-state index contributed by atoms with van der Waals surface area (Å²) in [5.41, 5.74) is 0.937. The lowest BCUT2D eigenvalue weighted by atomic mass is 10.2. The summed E-state index contributed by atoms with van der Waals surface area (Å²) in [4.78, 5) is 14.1. The quantitative estimate of drug-likeness (QED) is 0.485. The zero-order valence-electron chi connectivity index (χ0n) is 9.54. The first-order valence-electron chi connectivity index (χ1n) is 5.11. The molecule has 0 amide bonds. The molecular formula is C11H10FN3O2S. The summed E-state index contributed by atoms with van der Waals surface area (Å²) < 4.78 is 14.1. The molecule has 0 unspecified atom stereocenters. The molecule has 0 spiro atoms. The fraction of sp³-hybridized carbons (Fsp3) is 0.182. The second-order valence-electron chi connectivity index (χ2n) is 3.63. The standard InChI is InChI=1S/C11H10FN3O2S/c1-14-10(15(16)17)6-13-11(14)18-7-8-2-4-9(12)5-3-8/h2-6H,7H2,1H3. The van der Waals surface area contributed by atoms with E-state index in [4.69, 9.17) is 0 Å². The summed E-state index contributed by atoms with van der Waals surface area (Å²) in [6, 6.07) is 6.13. The monoisotopic (exact) mass is 267 g/mol. The molecule has 0 saturated carbocycles. The number of thioether (sulfide) groups is 1. The van der Waals surface area contributed by atoms with Crippen LogP contribution in [0.1, 0.15) is 5.56 Å². The van der Waals surface area contributed by atoms with Crippen LogP contribution >= 0.6 is 11.8 Å². The molecule has 1 aromatic heterocycles. The number of halogens is 1. The molecule has 2 rings (SSSR count). The molecule has 1 aromatic carbocycles. The fourth-order valence-corrected chi connectivity index (χ4v) is 2.32. The van der Waals surface area contributed by atoms with Gasteiger partial charge >= 0.3 is 5.82 Å². The average Bonchev–Trinajstić information content (AvgIpc) is 2.70. The molecule has 18 heavy (non-hydrogen) atoms. The lowest BCUT2D eigenvalue weighted by Gasteiger charge is -2.00. The van der Waals surface area contributed by atoms with E-state index >= 15 is 0 Å². The molecule has 94 valence electrons. The normalized spacial score (nSPS) is 10.6. The van der Waals surface area contributed by atoms with E-state index in [0.29, 0.717) is 10.9 Å². The summed E-state index contributed by atoms with van der Waals surface area (Å²) in [5.74, 6) is 0.260. The van der Waals surface area contributed by atoms with Crippen molar-refractivity contribution in [2.45, 2.75) is 10.9 Å². The first-order chi connectivity index (χ1) is 8.58. The van der Waals surface area contributed by atoms with Crippen molar-refractivity contribution in [1.29, 1.82) is 0 Å². The van der Waals surface area contributed by atoms with E-state index in [0.717, 1.165) is 5.56 Å². The third-order valence-electron chi connectivity index (χ3n) is 2.39. The van der Waals surface area contributed by atoms with E-state index in [1.165, 1.54) is 34.7 Å². The highest BCUT2D eigenvalue weighted by atomic mass is 32.2. The van der Waals surface area contributed by atoms with Crippen LogP contribution in [0.5, 0.6) is 0 Å². The van der Waals surface area contributed by atoms with Gasteiger partial charge in [-0.05, 0) is 22.6 Å². The van der Waals surface area contributed by atoms with Gasteiger partial charge < -0.3 is 10.1 Å². The average molecular weight is 267 g/mol. The number of nitro groups is 1. The Hall–Kier alpha value is -1.89. The van der Waals surface area contributed by atoms with Crippen molar-refractivity contribution in [3.8, 4) is 0 Å². The van der Waals surface area contributed by atoms with Crippen molar-refractivity contribution >= 4 is 17.6 Å². The zero-order valence-corrected chi connectivity index (χ0v) is 10.4. The minimum atomic E-state index is -0.477. The van der Waals surface area contributed by atoms with Crippen LogP contribution in [-0.4, -0.2) is 14.5 Å². The van der Waals surface area contributed by atoms with Crippen LogP contribution in [0.4, 0.5) is 10.2 Å². The van der Waals surface area contributed by atoms with E-state index in [1.54, 1.807) is 19.2 Å². The third kappa shape index (κ3) is 2.67. The van der Waals surface area contributed by atoms with Crippen LogP contribution in [0.2, 0.25) is 0 Å². The highest BCUT2D eigenvalue weighted by Crippen LogP contribution is 2.24. The molecule has 0 aliphatic carbocycles. The van der Waals surface area contributed by atoms with Gasteiger partial charge in [-0.2, -0.15) is 0 Å². The second kappa shape index (κ2) is 5.18. The van der Waals surface area contributed by atoms with Gasteiger partial charge in [-0.25, -0.2) is 13.9 Å². The number of rotatable bonds is 4. The van der Waals surface area contributed by atoms with Crippen LogP contribution in [0.15, 0.2) is 35.6 Å². The van der Waals surface area contributed by atoms with E-state index in [-0.39, 0.29) is 11.6 Å². The number of hydrogen-bond acceptors (Lipinski definition) is 4. The number of hydrogen-bond donors (Lipinski definition) is 0. The van der Waals surface area contributed by atoms with Gasteiger partial charge in [0.25, 0.3) is 5.16 Å². The number of imidazole rings is 1. The number of benzene rings is 1. The molecule has 0 aliphatic rings. The molecule has 0 N–H and O–H groups in total. The smallest absolute Gasteiger partial charge is 0.343 e. The number of aromatic nitrogens is 2. The molecule has 0 aliphatic heterocycles. The predicted molar refractivity (Wildman–Crippen MR) is 65.8 cm³/mol. The van der Waals surface area contributed by atoms with Crippen molar-refractivity contribution in [3.63, 3.8) is 0 Å². The van der Waals surface area contributed by atoms with Gasteiger partial charge in [-0.3, -0.25) is 0 Å². The van der Waals surface area contributed by atoms with Crippen LogP contribution < -0.4 is 0 Å². The molecule has 0 saturated heterocycles. The van der Waals surface area contributed by atoms with E-state index in [9.17, 15) is 14.5 Å². The molecule has 7 heteroatoms. The van der Waals surface area contributed by atoms with Gasteiger partial charge in [0.05, 0.1) is 7.05 Å². The predicted octanol–water partition coefficient (Wildman–Crippen LogP) is 2.76. The Bertz CT molecular complexity index is 568. The third-order valence-corrected chi connectivity index (χ3v) is 3.50. The van der Waals surface area contributed by atoms with Gasteiger partial charge in [-0.15, -0.1) is 0 Å². The summed E-state index contributed by atoms with van der Waals surface area (Å²) >= 11 is 1.37. The first-order valence-corrected chi connectivity index (χ1v) is 6.10. The Labute approximate surface area is 107 Å². The Kier molecular flexibility index (Phi) is 3.61. The van der Waals surface area contributed by atoms with Crippen molar-refractivity contribution in [3.05, 3.63) is 52.0 Å². The second-order valence-corrected chi connectivity index (χ2v) is 4.57. The van der Waals surface area contributed by atoms with Gasteiger partial charge in [0.1, 0.15) is 12.0 Å².